The van der Waals surface area contributed by atoms with E-state index in [0.717, 1.165) is 10.0 Å². The minimum absolute atomic E-state index is 0.219. The van der Waals surface area contributed by atoms with Crippen LogP contribution in [0.2, 0.25) is 0 Å². The van der Waals surface area contributed by atoms with E-state index < -0.39 is 0 Å². The average molecular weight is 309 g/mol. The Morgan fingerprint density at radius 2 is 2.22 bits per heavy atom. The third-order valence-corrected chi connectivity index (χ3v) is 3.38. The Hall–Kier alpha value is -1.76. The lowest BCUT2D eigenvalue weighted by Gasteiger charge is -2.19. The van der Waals surface area contributed by atoms with Crippen LogP contribution in [0.15, 0.2) is 23.1 Å². The first-order valence-corrected chi connectivity index (χ1v) is 6.27. The summed E-state index contributed by atoms with van der Waals surface area (Å²) in [6.07, 6.45) is 5.92. The number of piperidine rings is 1. The third-order valence-electron chi connectivity index (χ3n) is 2.97. The third kappa shape index (κ3) is 1.80. The lowest BCUT2D eigenvalue weighted by molar-refractivity contribution is -0.134. The van der Waals surface area contributed by atoms with Gasteiger partial charge < -0.3 is 0 Å². The van der Waals surface area contributed by atoms with E-state index in [2.05, 4.69) is 31.3 Å². The molecule has 1 atom stereocenters. The number of nitrogens with zero attached hydrogens (tertiary/aromatic N) is 3. The molecule has 18 heavy (non-hydrogen) atoms. The van der Waals surface area contributed by atoms with Crippen molar-refractivity contribution < 1.29 is 9.59 Å². The molecule has 0 bridgehead atoms. The number of rotatable bonds is 1. The molecule has 1 N–H and O–H groups in total. The molecule has 0 saturated carbocycles. The summed E-state index contributed by atoms with van der Waals surface area (Å²) >= 11 is 3.31. The van der Waals surface area contributed by atoms with Crippen LogP contribution in [0.1, 0.15) is 24.3 Å². The first-order chi connectivity index (χ1) is 8.65. The van der Waals surface area contributed by atoms with E-state index in [1.54, 1.807) is 23.1 Å². The van der Waals surface area contributed by atoms with Crippen LogP contribution in [-0.2, 0) is 9.59 Å². The zero-order valence-corrected chi connectivity index (χ0v) is 10.8. The molecular weight excluding hydrogens is 300 g/mol. The van der Waals surface area contributed by atoms with Crippen molar-refractivity contribution in [3.8, 4) is 0 Å². The Morgan fingerprint density at radius 1 is 1.39 bits per heavy atom. The van der Waals surface area contributed by atoms with Crippen molar-refractivity contribution in [3.63, 3.8) is 0 Å². The Bertz CT molecular complexity index is 652. The fourth-order valence-electron chi connectivity index (χ4n) is 2.11. The number of hydrogen-bond donors (Lipinski definition) is 1. The van der Waals surface area contributed by atoms with Crippen molar-refractivity contribution >= 4 is 33.4 Å². The molecule has 0 aromatic carbocycles. The smallest absolute Gasteiger partial charge is 0.234 e. The van der Waals surface area contributed by atoms with Crippen LogP contribution < -0.4 is 5.32 Å². The van der Waals surface area contributed by atoms with Crippen molar-refractivity contribution in [2.75, 3.05) is 0 Å². The van der Waals surface area contributed by atoms with E-state index in [1.165, 1.54) is 0 Å². The van der Waals surface area contributed by atoms with Gasteiger partial charge in [0.15, 0.2) is 5.65 Å². The SMILES string of the molecule is O=C1CCC(c2cnn3cc(Br)cnc23)C(=O)N1. The number of carbonyl (C=O) groups excluding carboxylic acids is 2. The maximum atomic E-state index is 11.8. The lowest BCUT2D eigenvalue weighted by atomic mass is 9.92. The molecule has 1 unspecified atom stereocenters. The molecule has 2 aromatic heterocycles. The Labute approximate surface area is 111 Å². The first kappa shape index (κ1) is 11.3. The van der Waals surface area contributed by atoms with Gasteiger partial charge in [0, 0.05) is 24.4 Å². The number of nitrogens with one attached hydrogen (secondary N) is 1. The molecule has 2 aromatic rings. The van der Waals surface area contributed by atoms with Gasteiger partial charge in [0.2, 0.25) is 11.8 Å². The fourth-order valence-corrected chi connectivity index (χ4v) is 2.40. The van der Waals surface area contributed by atoms with Crippen molar-refractivity contribution in [1.82, 2.24) is 19.9 Å². The van der Waals surface area contributed by atoms with Gasteiger partial charge in [-0.2, -0.15) is 5.10 Å². The molecule has 0 aliphatic carbocycles. The molecule has 1 aliphatic rings. The fraction of sp³-hybridized carbons (Fsp3) is 0.273. The molecule has 0 spiro atoms. The molecule has 92 valence electrons. The first-order valence-electron chi connectivity index (χ1n) is 5.47. The van der Waals surface area contributed by atoms with Gasteiger partial charge in [0.05, 0.1) is 16.6 Å². The van der Waals surface area contributed by atoms with Crippen LogP contribution in [0, 0.1) is 0 Å². The number of hydrogen-bond acceptors (Lipinski definition) is 4. The molecule has 2 amide bonds. The van der Waals surface area contributed by atoms with E-state index in [1.807, 2.05) is 0 Å². The summed E-state index contributed by atoms with van der Waals surface area (Å²) in [6, 6.07) is 0. The Kier molecular flexibility index (Phi) is 2.62. The lowest BCUT2D eigenvalue weighted by Crippen LogP contribution is -2.39. The second-order valence-electron chi connectivity index (χ2n) is 4.14. The second kappa shape index (κ2) is 4.16. The summed E-state index contributed by atoms with van der Waals surface area (Å²) in [5.41, 5.74) is 1.40. The van der Waals surface area contributed by atoms with Crippen molar-refractivity contribution in [2.45, 2.75) is 18.8 Å². The number of amides is 2. The molecule has 1 saturated heterocycles. The highest BCUT2D eigenvalue weighted by molar-refractivity contribution is 9.10. The highest BCUT2D eigenvalue weighted by Gasteiger charge is 2.30. The highest BCUT2D eigenvalue weighted by atomic mass is 79.9. The summed E-state index contributed by atoms with van der Waals surface area (Å²) in [7, 11) is 0. The topological polar surface area (TPSA) is 76.4 Å². The standard InChI is InChI=1S/C11H9BrN4O2/c12-6-3-13-10-8(4-14-16(10)5-6)7-1-2-9(17)15-11(7)18/h3-5,7H,1-2H2,(H,15,17,18). The van der Waals surface area contributed by atoms with Gasteiger partial charge in [-0.3, -0.25) is 14.9 Å². The van der Waals surface area contributed by atoms with Gasteiger partial charge in [-0.15, -0.1) is 0 Å². The molecule has 0 radical (unpaired) electrons. The van der Waals surface area contributed by atoms with Gasteiger partial charge in [0.25, 0.3) is 0 Å². The molecule has 1 fully saturated rings. The number of halogens is 1. The van der Waals surface area contributed by atoms with Gasteiger partial charge in [-0.05, 0) is 22.4 Å². The van der Waals surface area contributed by atoms with Gasteiger partial charge in [-0.1, -0.05) is 0 Å². The summed E-state index contributed by atoms with van der Waals surface area (Å²) in [4.78, 5) is 27.2. The van der Waals surface area contributed by atoms with Crippen LogP contribution >= 0.6 is 15.9 Å². The number of aromatic nitrogens is 3. The minimum atomic E-state index is -0.353. The van der Waals surface area contributed by atoms with Crippen LogP contribution in [-0.4, -0.2) is 26.4 Å². The zero-order valence-electron chi connectivity index (χ0n) is 9.26. The maximum Gasteiger partial charge on any atom is 0.234 e. The van der Waals surface area contributed by atoms with Crippen LogP contribution in [0.5, 0.6) is 0 Å². The van der Waals surface area contributed by atoms with E-state index in [0.29, 0.717) is 18.5 Å². The van der Waals surface area contributed by atoms with E-state index in [-0.39, 0.29) is 17.7 Å². The summed E-state index contributed by atoms with van der Waals surface area (Å²) in [6.45, 7) is 0. The van der Waals surface area contributed by atoms with Crippen molar-refractivity contribution in [3.05, 3.63) is 28.6 Å². The number of imide groups is 1. The predicted molar refractivity (Wildman–Crippen MR) is 65.8 cm³/mol. The summed E-state index contributed by atoms with van der Waals surface area (Å²) in [5.74, 6) is -0.844. The normalized spacial score (nSPS) is 20.2. The molecule has 3 rings (SSSR count). The molecule has 3 heterocycles. The molecule has 1 aliphatic heterocycles. The van der Waals surface area contributed by atoms with Gasteiger partial charge in [0.1, 0.15) is 0 Å². The van der Waals surface area contributed by atoms with Crippen LogP contribution in [0.4, 0.5) is 0 Å². The molecule has 6 nitrogen and oxygen atoms in total. The number of carbonyl (C=O) groups is 2. The second-order valence-corrected chi connectivity index (χ2v) is 5.06. The number of fused-ring (bicyclic) bond motifs is 1. The molecule has 7 heteroatoms. The Balaban J connectivity index is 2.04. The van der Waals surface area contributed by atoms with Crippen LogP contribution in [0.25, 0.3) is 5.65 Å². The van der Waals surface area contributed by atoms with Crippen LogP contribution in [0.3, 0.4) is 0 Å². The quantitative estimate of drug-likeness (QED) is 0.798. The van der Waals surface area contributed by atoms with E-state index in [9.17, 15) is 9.59 Å². The highest BCUT2D eigenvalue weighted by Crippen LogP contribution is 2.27. The monoisotopic (exact) mass is 308 g/mol. The average Bonchev–Trinajstić information content (AvgIpc) is 2.72. The van der Waals surface area contributed by atoms with Gasteiger partial charge >= 0.3 is 0 Å². The van der Waals surface area contributed by atoms with Crippen molar-refractivity contribution in [1.29, 1.82) is 0 Å². The maximum absolute atomic E-state index is 11.8. The van der Waals surface area contributed by atoms with E-state index >= 15 is 0 Å². The van der Waals surface area contributed by atoms with Gasteiger partial charge in [-0.25, -0.2) is 9.50 Å². The largest absolute Gasteiger partial charge is 0.296 e. The zero-order chi connectivity index (χ0) is 12.7. The summed E-state index contributed by atoms with van der Waals surface area (Å²) < 4.78 is 2.43. The Morgan fingerprint density at radius 3 is 3.00 bits per heavy atom. The predicted octanol–water partition coefficient (Wildman–Crippen LogP) is 1.01. The minimum Gasteiger partial charge on any atom is -0.296 e. The summed E-state index contributed by atoms with van der Waals surface area (Å²) in [5, 5.41) is 6.51. The van der Waals surface area contributed by atoms with Crippen molar-refractivity contribution in [2.24, 2.45) is 0 Å². The van der Waals surface area contributed by atoms with E-state index in [4.69, 9.17) is 0 Å². The molecular formula is C11H9BrN4O2.